The lowest BCUT2D eigenvalue weighted by molar-refractivity contribution is -0.117. The number of hydrogen-bond donors (Lipinski definition) is 2. The molecule has 2 aromatic rings. The topological polar surface area (TPSA) is 91.8 Å². The molecule has 6 nitrogen and oxygen atoms in total. The summed E-state index contributed by atoms with van der Waals surface area (Å²) in [5.41, 5.74) is 6.51. The first-order valence-electron chi connectivity index (χ1n) is 7.12. The Bertz CT molecular complexity index is 764. The SMILES string of the molecule is N/C(=N\O)c1cnc(N2C(=O)CCC2c2ccccc2)c(F)c1. The Morgan fingerprint density at radius 3 is 2.78 bits per heavy atom. The third kappa shape index (κ3) is 2.73. The number of amidine groups is 1. The van der Waals surface area contributed by atoms with E-state index >= 15 is 0 Å². The molecule has 1 aliphatic heterocycles. The Kier molecular flexibility index (Phi) is 3.92. The number of hydrogen-bond acceptors (Lipinski definition) is 4. The van der Waals surface area contributed by atoms with Gasteiger partial charge < -0.3 is 10.9 Å². The van der Waals surface area contributed by atoms with Crippen molar-refractivity contribution in [2.24, 2.45) is 10.9 Å². The lowest BCUT2D eigenvalue weighted by Gasteiger charge is -2.24. The monoisotopic (exact) mass is 314 g/mol. The minimum absolute atomic E-state index is 0.0455. The van der Waals surface area contributed by atoms with Crippen LogP contribution in [0.3, 0.4) is 0 Å². The van der Waals surface area contributed by atoms with E-state index in [9.17, 15) is 9.18 Å². The summed E-state index contributed by atoms with van der Waals surface area (Å²) in [5.74, 6) is -1.15. The number of pyridine rings is 1. The lowest BCUT2D eigenvalue weighted by Crippen LogP contribution is -2.29. The van der Waals surface area contributed by atoms with E-state index in [0.29, 0.717) is 12.8 Å². The van der Waals surface area contributed by atoms with Crippen LogP contribution in [0.25, 0.3) is 0 Å². The number of rotatable bonds is 3. The molecule has 3 N–H and O–H groups in total. The Balaban J connectivity index is 2.00. The molecule has 1 aromatic heterocycles. The summed E-state index contributed by atoms with van der Waals surface area (Å²) in [5, 5.41) is 11.5. The lowest BCUT2D eigenvalue weighted by atomic mass is 10.0. The fourth-order valence-electron chi connectivity index (χ4n) is 2.75. The maximum Gasteiger partial charge on any atom is 0.228 e. The zero-order valence-corrected chi connectivity index (χ0v) is 12.2. The summed E-state index contributed by atoms with van der Waals surface area (Å²) >= 11 is 0. The average Bonchev–Trinajstić information content (AvgIpc) is 2.96. The fraction of sp³-hybridized carbons (Fsp3) is 0.188. The maximum atomic E-state index is 14.4. The molecule has 2 heterocycles. The van der Waals surface area contributed by atoms with Crippen LogP contribution in [0.5, 0.6) is 0 Å². The molecule has 0 saturated carbocycles. The Morgan fingerprint density at radius 1 is 1.39 bits per heavy atom. The first-order valence-corrected chi connectivity index (χ1v) is 7.12. The molecule has 3 rings (SSSR count). The second kappa shape index (κ2) is 6.04. The van der Waals surface area contributed by atoms with Crippen LogP contribution >= 0.6 is 0 Å². The zero-order chi connectivity index (χ0) is 16.4. The highest BCUT2D eigenvalue weighted by Crippen LogP contribution is 2.37. The summed E-state index contributed by atoms with van der Waals surface area (Å²) < 4.78 is 14.4. The number of carbonyl (C=O) groups excluding carboxylic acids is 1. The minimum atomic E-state index is -0.690. The van der Waals surface area contributed by atoms with E-state index in [1.165, 1.54) is 11.1 Å². The third-order valence-electron chi connectivity index (χ3n) is 3.85. The van der Waals surface area contributed by atoms with Crippen molar-refractivity contribution >= 4 is 17.6 Å². The second-order valence-corrected chi connectivity index (χ2v) is 5.24. The quantitative estimate of drug-likeness (QED) is 0.393. The summed E-state index contributed by atoms with van der Waals surface area (Å²) in [6, 6.07) is 10.3. The molecule has 0 spiro atoms. The van der Waals surface area contributed by atoms with Gasteiger partial charge in [0.15, 0.2) is 17.5 Å². The number of aromatic nitrogens is 1. The highest BCUT2D eigenvalue weighted by atomic mass is 19.1. The van der Waals surface area contributed by atoms with Crippen molar-refractivity contribution < 1.29 is 14.4 Å². The van der Waals surface area contributed by atoms with E-state index in [1.54, 1.807) is 0 Å². The first kappa shape index (κ1) is 15.0. The van der Waals surface area contributed by atoms with Gasteiger partial charge in [-0.2, -0.15) is 0 Å². The van der Waals surface area contributed by atoms with Crippen LogP contribution in [0.2, 0.25) is 0 Å². The number of nitrogens with two attached hydrogens (primary N) is 1. The molecule has 1 atom stereocenters. The van der Waals surface area contributed by atoms with E-state index in [-0.39, 0.29) is 29.2 Å². The Labute approximate surface area is 132 Å². The van der Waals surface area contributed by atoms with Crippen LogP contribution in [-0.2, 0) is 4.79 Å². The number of nitrogens with zero attached hydrogens (tertiary/aromatic N) is 3. The van der Waals surface area contributed by atoms with Gasteiger partial charge >= 0.3 is 0 Å². The smallest absolute Gasteiger partial charge is 0.228 e. The van der Waals surface area contributed by atoms with Crippen molar-refractivity contribution in [3.8, 4) is 0 Å². The van der Waals surface area contributed by atoms with Crippen LogP contribution in [0, 0.1) is 5.82 Å². The van der Waals surface area contributed by atoms with E-state index < -0.39 is 5.82 Å². The molecule has 1 aliphatic rings. The van der Waals surface area contributed by atoms with Gasteiger partial charge in [-0.25, -0.2) is 9.37 Å². The molecule has 1 saturated heterocycles. The summed E-state index contributed by atoms with van der Waals surface area (Å²) in [4.78, 5) is 17.6. The number of anilines is 1. The average molecular weight is 314 g/mol. The van der Waals surface area contributed by atoms with Gasteiger partial charge in [-0.3, -0.25) is 9.69 Å². The number of benzene rings is 1. The van der Waals surface area contributed by atoms with Gasteiger partial charge in [-0.05, 0) is 18.1 Å². The van der Waals surface area contributed by atoms with Gasteiger partial charge in [-0.1, -0.05) is 35.5 Å². The van der Waals surface area contributed by atoms with Gasteiger partial charge in [0, 0.05) is 18.2 Å². The highest BCUT2D eigenvalue weighted by molar-refractivity contribution is 5.98. The highest BCUT2D eigenvalue weighted by Gasteiger charge is 2.35. The molecule has 1 amide bonds. The molecule has 1 unspecified atom stereocenters. The molecule has 23 heavy (non-hydrogen) atoms. The fourth-order valence-corrected chi connectivity index (χ4v) is 2.75. The van der Waals surface area contributed by atoms with Crippen molar-refractivity contribution in [3.05, 3.63) is 59.5 Å². The number of oxime groups is 1. The molecule has 1 fully saturated rings. The molecule has 7 heteroatoms. The Hall–Kier alpha value is -2.96. The molecular weight excluding hydrogens is 299 g/mol. The van der Waals surface area contributed by atoms with Gasteiger partial charge in [0.1, 0.15) is 0 Å². The molecule has 0 bridgehead atoms. The summed E-state index contributed by atoms with van der Waals surface area (Å²) in [6.07, 6.45) is 2.22. The largest absolute Gasteiger partial charge is 0.409 e. The van der Waals surface area contributed by atoms with Crippen LogP contribution in [0.1, 0.15) is 30.0 Å². The second-order valence-electron chi connectivity index (χ2n) is 5.24. The molecule has 1 aromatic carbocycles. The van der Waals surface area contributed by atoms with Crippen LogP contribution in [-0.4, -0.2) is 21.9 Å². The van der Waals surface area contributed by atoms with Crippen molar-refractivity contribution in [3.63, 3.8) is 0 Å². The predicted octanol–water partition coefficient (Wildman–Crippen LogP) is 2.18. The van der Waals surface area contributed by atoms with Gasteiger partial charge in [0.2, 0.25) is 5.91 Å². The van der Waals surface area contributed by atoms with E-state index in [0.717, 1.165) is 11.6 Å². The van der Waals surface area contributed by atoms with Crippen LogP contribution in [0.4, 0.5) is 10.2 Å². The maximum absolute atomic E-state index is 14.4. The molecule has 118 valence electrons. The zero-order valence-electron chi connectivity index (χ0n) is 12.2. The molecular formula is C16H15FN4O2. The van der Waals surface area contributed by atoms with Gasteiger partial charge in [0.05, 0.1) is 6.04 Å². The van der Waals surface area contributed by atoms with Crippen LogP contribution in [0.15, 0.2) is 47.8 Å². The summed E-state index contributed by atoms with van der Waals surface area (Å²) in [7, 11) is 0. The van der Waals surface area contributed by atoms with E-state index in [2.05, 4.69) is 10.1 Å². The van der Waals surface area contributed by atoms with E-state index in [4.69, 9.17) is 10.9 Å². The van der Waals surface area contributed by atoms with Crippen LogP contribution < -0.4 is 10.6 Å². The standard InChI is InChI=1S/C16H15FN4O2/c17-12-8-11(15(18)20-23)9-19-16(12)21-13(6-7-14(21)22)10-4-2-1-3-5-10/h1-5,8-9,13,23H,6-7H2,(H2,18,20). The van der Waals surface area contributed by atoms with Crippen molar-refractivity contribution in [2.45, 2.75) is 18.9 Å². The number of amides is 1. The molecule has 0 aliphatic carbocycles. The predicted molar refractivity (Wildman–Crippen MR) is 82.6 cm³/mol. The summed E-state index contributed by atoms with van der Waals surface area (Å²) in [6.45, 7) is 0. The minimum Gasteiger partial charge on any atom is -0.409 e. The third-order valence-corrected chi connectivity index (χ3v) is 3.85. The van der Waals surface area contributed by atoms with E-state index in [1.807, 2.05) is 30.3 Å². The normalized spacial score (nSPS) is 18.5. The molecule has 0 radical (unpaired) electrons. The van der Waals surface area contributed by atoms with Crippen molar-refractivity contribution in [1.82, 2.24) is 4.98 Å². The van der Waals surface area contributed by atoms with Crippen molar-refractivity contribution in [1.29, 1.82) is 0 Å². The first-order chi connectivity index (χ1) is 11.1. The van der Waals surface area contributed by atoms with Gasteiger partial charge in [0.25, 0.3) is 0 Å². The number of halogens is 1. The van der Waals surface area contributed by atoms with Crippen molar-refractivity contribution in [2.75, 3.05) is 4.90 Å². The van der Waals surface area contributed by atoms with Gasteiger partial charge in [-0.15, -0.1) is 0 Å². The Morgan fingerprint density at radius 2 is 2.13 bits per heavy atom. The number of carbonyl (C=O) groups is 1.